The third-order valence-electron chi connectivity index (χ3n) is 3.73. The predicted octanol–water partition coefficient (Wildman–Crippen LogP) is 1.23. The van der Waals surface area contributed by atoms with Gasteiger partial charge in [-0.1, -0.05) is 0 Å². The second-order valence-corrected chi connectivity index (χ2v) is 4.64. The van der Waals surface area contributed by atoms with E-state index in [0.717, 1.165) is 17.8 Å². The Hall–Kier alpha value is -0.0800. The lowest BCUT2D eigenvalue weighted by molar-refractivity contribution is 0.321. The van der Waals surface area contributed by atoms with Crippen LogP contribution in [0.1, 0.15) is 25.7 Å². The van der Waals surface area contributed by atoms with E-state index in [4.69, 9.17) is 0 Å². The second kappa shape index (κ2) is 4.43. The Morgan fingerprint density at radius 1 is 1.31 bits per heavy atom. The maximum Gasteiger partial charge on any atom is -0.00462 e. The molecular weight excluding hydrogens is 160 g/mol. The smallest absolute Gasteiger partial charge is 0.00462 e. The average molecular weight is 182 g/mol. The summed E-state index contributed by atoms with van der Waals surface area (Å²) in [5, 5.41) is 6.69. The van der Waals surface area contributed by atoms with Crippen molar-refractivity contribution in [2.45, 2.75) is 25.7 Å². The predicted molar refractivity (Wildman–Crippen MR) is 55.7 cm³/mol. The van der Waals surface area contributed by atoms with Crippen molar-refractivity contribution < 1.29 is 0 Å². The third-order valence-corrected chi connectivity index (χ3v) is 3.73. The van der Waals surface area contributed by atoms with Crippen molar-refractivity contribution >= 4 is 0 Å². The van der Waals surface area contributed by atoms with E-state index in [9.17, 15) is 0 Å². The highest BCUT2D eigenvalue weighted by Gasteiger charge is 2.41. The first-order valence-corrected chi connectivity index (χ1v) is 5.77. The van der Waals surface area contributed by atoms with Gasteiger partial charge in [-0.3, -0.25) is 0 Å². The van der Waals surface area contributed by atoms with E-state index in [1.165, 1.54) is 45.3 Å². The number of rotatable bonds is 4. The zero-order chi connectivity index (χ0) is 9.10. The molecule has 0 bridgehead atoms. The molecule has 2 rings (SSSR count). The van der Waals surface area contributed by atoms with Crippen LogP contribution in [0.3, 0.4) is 0 Å². The zero-order valence-corrected chi connectivity index (χ0v) is 8.68. The van der Waals surface area contributed by atoms with Crippen molar-refractivity contribution in [3.8, 4) is 0 Å². The molecule has 2 heteroatoms. The van der Waals surface area contributed by atoms with Crippen LogP contribution in [0.4, 0.5) is 0 Å². The first-order chi connectivity index (χ1) is 6.42. The summed E-state index contributed by atoms with van der Waals surface area (Å²) in [5.74, 6) is 3.22. The average Bonchev–Trinajstić information content (AvgIpc) is 2.95. The molecule has 2 aliphatic rings. The van der Waals surface area contributed by atoms with Crippen LogP contribution in [0.5, 0.6) is 0 Å². The summed E-state index contributed by atoms with van der Waals surface area (Å²) in [5.41, 5.74) is 0. The fourth-order valence-electron chi connectivity index (χ4n) is 2.78. The Kier molecular flexibility index (Phi) is 3.23. The minimum atomic E-state index is 1.06. The molecular formula is C11H22N2. The van der Waals surface area contributed by atoms with Gasteiger partial charge in [0.15, 0.2) is 0 Å². The molecule has 1 heterocycles. The lowest BCUT2D eigenvalue weighted by Crippen LogP contribution is -2.29. The Morgan fingerprint density at radius 2 is 2.08 bits per heavy atom. The van der Waals surface area contributed by atoms with Crippen molar-refractivity contribution in [2.24, 2.45) is 17.8 Å². The SMILES string of the molecule is CNCCC1C[C@@H]1C1CCNCC1. The van der Waals surface area contributed by atoms with Gasteiger partial charge < -0.3 is 10.6 Å². The van der Waals surface area contributed by atoms with Gasteiger partial charge in [-0.15, -0.1) is 0 Å². The summed E-state index contributed by atoms with van der Waals surface area (Å²) in [6.45, 7) is 3.74. The van der Waals surface area contributed by atoms with E-state index in [-0.39, 0.29) is 0 Å². The second-order valence-electron chi connectivity index (χ2n) is 4.64. The van der Waals surface area contributed by atoms with Gasteiger partial charge in [-0.2, -0.15) is 0 Å². The molecule has 2 atom stereocenters. The van der Waals surface area contributed by atoms with Crippen molar-refractivity contribution in [2.75, 3.05) is 26.7 Å². The fourth-order valence-corrected chi connectivity index (χ4v) is 2.78. The van der Waals surface area contributed by atoms with Crippen molar-refractivity contribution in [3.63, 3.8) is 0 Å². The number of nitrogens with one attached hydrogen (secondary N) is 2. The number of hydrogen-bond donors (Lipinski definition) is 2. The topological polar surface area (TPSA) is 24.1 Å². The molecule has 1 aliphatic heterocycles. The molecule has 0 amide bonds. The van der Waals surface area contributed by atoms with Gasteiger partial charge in [0.2, 0.25) is 0 Å². The molecule has 1 saturated heterocycles. The molecule has 0 aromatic carbocycles. The third kappa shape index (κ3) is 2.44. The lowest BCUT2D eigenvalue weighted by atomic mass is 9.91. The molecule has 0 spiro atoms. The molecule has 1 unspecified atom stereocenters. The standard InChI is InChI=1S/C11H22N2/c1-12-5-2-10-8-11(10)9-3-6-13-7-4-9/h9-13H,2-8H2,1H3/t10?,11-/m1/s1. The molecule has 76 valence electrons. The Bertz CT molecular complexity index is 152. The molecule has 2 nitrogen and oxygen atoms in total. The Labute approximate surface area is 81.5 Å². The van der Waals surface area contributed by atoms with Crippen molar-refractivity contribution in [1.82, 2.24) is 10.6 Å². The Morgan fingerprint density at radius 3 is 2.77 bits per heavy atom. The van der Waals surface area contributed by atoms with Crippen LogP contribution in [0.15, 0.2) is 0 Å². The van der Waals surface area contributed by atoms with E-state index in [1.54, 1.807) is 0 Å². The molecule has 2 N–H and O–H groups in total. The van der Waals surface area contributed by atoms with Crippen molar-refractivity contribution in [1.29, 1.82) is 0 Å². The summed E-state index contributed by atoms with van der Waals surface area (Å²) in [6, 6.07) is 0. The quantitative estimate of drug-likeness (QED) is 0.683. The first-order valence-electron chi connectivity index (χ1n) is 5.77. The highest BCUT2D eigenvalue weighted by atomic mass is 14.9. The van der Waals surface area contributed by atoms with Gasteiger partial charge in [0.25, 0.3) is 0 Å². The van der Waals surface area contributed by atoms with E-state index < -0.39 is 0 Å². The molecule has 0 aromatic rings. The number of hydrogen-bond acceptors (Lipinski definition) is 2. The van der Waals surface area contributed by atoms with E-state index >= 15 is 0 Å². The number of piperidine rings is 1. The van der Waals surface area contributed by atoms with Crippen molar-refractivity contribution in [3.05, 3.63) is 0 Å². The minimum Gasteiger partial charge on any atom is -0.320 e. The normalized spacial score (nSPS) is 34.8. The van der Waals surface area contributed by atoms with E-state index in [2.05, 4.69) is 17.7 Å². The minimum absolute atomic E-state index is 1.06. The molecule has 2 fully saturated rings. The van der Waals surface area contributed by atoms with Gasteiger partial charge in [0, 0.05) is 0 Å². The van der Waals surface area contributed by atoms with Crippen LogP contribution in [-0.4, -0.2) is 26.7 Å². The largest absolute Gasteiger partial charge is 0.320 e. The van der Waals surface area contributed by atoms with Crippen LogP contribution < -0.4 is 10.6 Å². The van der Waals surface area contributed by atoms with E-state index in [0.29, 0.717) is 0 Å². The molecule has 13 heavy (non-hydrogen) atoms. The van der Waals surface area contributed by atoms with Gasteiger partial charge in [-0.25, -0.2) is 0 Å². The molecule has 0 radical (unpaired) electrons. The maximum absolute atomic E-state index is 3.44. The van der Waals surface area contributed by atoms with Gasteiger partial charge in [0.05, 0.1) is 0 Å². The van der Waals surface area contributed by atoms with Gasteiger partial charge >= 0.3 is 0 Å². The lowest BCUT2D eigenvalue weighted by Gasteiger charge is -2.22. The van der Waals surface area contributed by atoms with Crippen LogP contribution in [0.2, 0.25) is 0 Å². The molecule has 1 aliphatic carbocycles. The zero-order valence-electron chi connectivity index (χ0n) is 8.68. The molecule has 0 aromatic heterocycles. The van der Waals surface area contributed by atoms with E-state index in [1.807, 2.05) is 0 Å². The van der Waals surface area contributed by atoms with Crippen LogP contribution in [0, 0.1) is 17.8 Å². The van der Waals surface area contributed by atoms with Crippen LogP contribution in [-0.2, 0) is 0 Å². The summed E-state index contributed by atoms with van der Waals surface area (Å²) in [7, 11) is 2.06. The summed E-state index contributed by atoms with van der Waals surface area (Å²) < 4.78 is 0. The monoisotopic (exact) mass is 182 g/mol. The van der Waals surface area contributed by atoms with Crippen LogP contribution >= 0.6 is 0 Å². The van der Waals surface area contributed by atoms with Gasteiger partial charge in [0.1, 0.15) is 0 Å². The first kappa shape index (κ1) is 9.47. The summed E-state index contributed by atoms with van der Waals surface area (Å²) in [4.78, 5) is 0. The Balaban J connectivity index is 1.66. The summed E-state index contributed by atoms with van der Waals surface area (Å²) in [6.07, 6.45) is 5.79. The van der Waals surface area contributed by atoms with Gasteiger partial charge in [-0.05, 0) is 70.1 Å². The highest BCUT2D eigenvalue weighted by Crippen LogP contribution is 2.48. The molecule has 1 saturated carbocycles. The van der Waals surface area contributed by atoms with Crippen LogP contribution in [0.25, 0.3) is 0 Å². The maximum atomic E-state index is 3.44. The highest BCUT2D eigenvalue weighted by molar-refractivity contribution is 4.92. The fraction of sp³-hybridized carbons (Fsp3) is 1.00. The summed E-state index contributed by atoms with van der Waals surface area (Å²) >= 11 is 0.